The molecule has 0 unspecified atom stereocenters. The molecule has 0 saturated carbocycles. The molecular weight excluding hydrogens is 214 g/mol. The monoisotopic (exact) mass is 231 g/mol. The Kier molecular flexibility index (Phi) is 3.29. The average Bonchev–Trinajstić information content (AvgIpc) is 2.69. The maximum absolute atomic E-state index is 10.9. The van der Waals surface area contributed by atoms with E-state index in [1.54, 1.807) is 12.1 Å². The van der Waals surface area contributed by atoms with Gasteiger partial charge in [-0.25, -0.2) is 4.79 Å². The molecule has 0 atom stereocenters. The molecule has 1 aliphatic heterocycles. The predicted molar refractivity (Wildman–Crippen MR) is 66.9 cm³/mol. The smallest absolute Gasteiger partial charge is 0.335 e. The van der Waals surface area contributed by atoms with Crippen LogP contribution >= 0.6 is 0 Å². The lowest BCUT2D eigenvalue weighted by atomic mass is 10.1. The lowest BCUT2D eigenvalue weighted by Crippen LogP contribution is -2.18. The van der Waals surface area contributed by atoms with Crippen molar-refractivity contribution in [3.8, 4) is 0 Å². The zero-order valence-electron chi connectivity index (χ0n) is 10.1. The first-order valence-corrected chi connectivity index (χ1v) is 5.84. The summed E-state index contributed by atoms with van der Waals surface area (Å²) in [5.74, 6) is -0.857. The molecule has 1 aromatic carbocycles. The number of benzene rings is 1. The van der Waals surface area contributed by atoms with Gasteiger partial charge in [0.1, 0.15) is 0 Å². The van der Waals surface area contributed by atoms with Crippen LogP contribution < -0.4 is 0 Å². The molecule has 0 spiro atoms. The van der Waals surface area contributed by atoms with E-state index in [2.05, 4.69) is 18.4 Å². The first-order chi connectivity index (χ1) is 8.10. The zero-order chi connectivity index (χ0) is 12.4. The van der Waals surface area contributed by atoms with Crippen molar-refractivity contribution in [3.63, 3.8) is 0 Å². The Balaban J connectivity index is 2.11. The largest absolute Gasteiger partial charge is 0.478 e. The molecule has 0 aliphatic carbocycles. The van der Waals surface area contributed by atoms with Gasteiger partial charge in [-0.15, -0.1) is 0 Å². The topological polar surface area (TPSA) is 40.5 Å². The fraction of sp³-hybridized carbons (Fsp3) is 0.357. The lowest BCUT2D eigenvalue weighted by molar-refractivity contribution is 0.0696. The number of carbonyl (C=O) groups is 1. The molecule has 0 saturated heterocycles. The summed E-state index contributed by atoms with van der Waals surface area (Å²) < 4.78 is 0. The van der Waals surface area contributed by atoms with Crippen LogP contribution in [0.2, 0.25) is 0 Å². The van der Waals surface area contributed by atoms with Gasteiger partial charge >= 0.3 is 5.97 Å². The number of fused-ring (bicyclic) bond motifs is 1. The summed E-state index contributed by atoms with van der Waals surface area (Å²) in [5, 5.41) is 8.94. The van der Waals surface area contributed by atoms with Gasteiger partial charge in [-0.3, -0.25) is 4.90 Å². The molecular formula is C14H17NO2. The van der Waals surface area contributed by atoms with Crippen molar-refractivity contribution >= 4 is 5.97 Å². The Bertz CT molecular complexity index is 465. The number of rotatable bonds is 4. The highest BCUT2D eigenvalue weighted by molar-refractivity contribution is 5.87. The van der Waals surface area contributed by atoms with E-state index in [4.69, 9.17) is 5.11 Å². The summed E-state index contributed by atoms with van der Waals surface area (Å²) in [6.45, 7) is 8.74. The van der Waals surface area contributed by atoms with Crippen molar-refractivity contribution in [2.45, 2.75) is 26.4 Å². The van der Waals surface area contributed by atoms with Crippen LogP contribution in [-0.4, -0.2) is 22.5 Å². The fourth-order valence-electron chi connectivity index (χ4n) is 2.14. The van der Waals surface area contributed by atoms with Gasteiger partial charge in [0.25, 0.3) is 0 Å². The first kappa shape index (κ1) is 11.9. The van der Waals surface area contributed by atoms with Crippen molar-refractivity contribution in [1.82, 2.24) is 4.90 Å². The van der Waals surface area contributed by atoms with Crippen LogP contribution in [0.4, 0.5) is 0 Å². The summed E-state index contributed by atoms with van der Waals surface area (Å²) in [7, 11) is 0. The van der Waals surface area contributed by atoms with Crippen LogP contribution in [0.5, 0.6) is 0 Å². The maximum Gasteiger partial charge on any atom is 0.335 e. The summed E-state index contributed by atoms with van der Waals surface area (Å²) >= 11 is 0. The standard InChI is InChI=1S/C14H17NO2/c1-3-10(2)7-15-8-12-5-4-11(14(16)17)6-13(12)9-15/h4-6H,2-3,7-9H2,1H3,(H,16,17). The minimum absolute atomic E-state index is 0.375. The van der Waals surface area contributed by atoms with E-state index in [9.17, 15) is 4.79 Å². The van der Waals surface area contributed by atoms with E-state index in [0.717, 1.165) is 31.6 Å². The van der Waals surface area contributed by atoms with Crippen LogP contribution in [0.1, 0.15) is 34.8 Å². The van der Waals surface area contributed by atoms with Crippen LogP contribution in [-0.2, 0) is 13.1 Å². The molecule has 0 fully saturated rings. The van der Waals surface area contributed by atoms with Crippen molar-refractivity contribution in [1.29, 1.82) is 0 Å². The molecule has 1 N–H and O–H groups in total. The number of carboxylic acid groups (broad SMARTS) is 1. The number of nitrogens with zero attached hydrogens (tertiary/aromatic N) is 1. The Morgan fingerprint density at radius 2 is 2.12 bits per heavy atom. The third kappa shape index (κ3) is 2.56. The molecule has 0 amide bonds. The highest BCUT2D eigenvalue weighted by Gasteiger charge is 2.20. The van der Waals surface area contributed by atoms with Crippen LogP contribution in [0.3, 0.4) is 0 Å². The van der Waals surface area contributed by atoms with Gasteiger partial charge in [-0.05, 0) is 29.7 Å². The van der Waals surface area contributed by atoms with Gasteiger partial charge in [0.05, 0.1) is 5.56 Å². The summed E-state index contributed by atoms with van der Waals surface area (Å²) in [6.07, 6.45) is 0.993. The molecule has 1 aromatic rings. The van der Waals surface area contributed by atoms with Crippen molar-refractivity contribution in [2.75, 3.05) is 6.54 Å². The predicted octanol–water partition coefficient (Wildman–Crippen LogP) is 2.67. The van der Waals surface area contributed by atoms with Crippen LogP contribution in [0.25, 0.3) is 0 Å². The summed E-state index contributed by atoms with van der Waals surface area (Å²) in [6, 6.07) is 5.39. The maximum atomic E-state index is 10.9. The number of hydrogen-bond acceptors (Lipinski definition) is 2. The van der Waals surface area contributed by atoms with E-state index in [0.29, 0.717) is 5.56 Å². The quantitative estimate of drug-likeness (QED) is 0.810. The molecule has 3 heteroatoms. The Morgan fingerprint density at radius 1 is 1.41 bits per heavy atom. The van der Waals surface area contributed by atoms with E-state index < -0.39 is 5.97 Å². The lowest BCUT2D eigenvalue weighted by Gasteiger charge is -2.15. The molecule has 0 radical (unpaired) electrons. The van der Waals surface area contributed by atoms with E-state index in [1.165, 1.54) is 11.1 Å². The summed E-state index contributed by atoms with van der Waals surface area (Å²) in [4.78, 5) is 13.2. The van der Waals surface area contributed by atoms with Gasteiger partial charge in [-0.2, -0.15) is 0 Å². The molecule has 1 aliphatic rings. The highest BCUT2D eigenvalue weighted by Crippen LogP contribution is 2.24. The average molecular weight is 231 g/mol. The van der Waals surface area contributed by atoms with Gasteiger partial charge in [0.2, 0.25) is 0 Å². The normalized spacial score (nSPS) is 14.6. The van der Waals surface area contributed by atoms with Gasteiger partial charge < -0.3 is 5.11 Å². The molecule has 90 valence electrons. The first-order valence-electron chi connectivity index (χ1n) is 5.84. The van der Waals surface area contributed by atoms with Crippen LogP contribution in [0, 0.1) is 0 Å². The Morgan fingerprint density at radius 3 is 2.76 bits per heavy atom. The van der Waals surface area contributed by atoms with Crippen molar-refractivity contribution in [3.05, 3.63) is 47.0 Å². The summed E-state index contributed by atoms with van der Waals surface area (Å²) in [5.41, 5.74) is 3.96. The van der Waals surface area contributed by atoms with Gasteiger partial charge in [0.15, 0.2) is 0 Å². The minimum Gasteiger partial charge on any atom is -0.478 e. The number of aromatic carboxylic acids is 1. The van der Waals surface area contributed by atoms with E-state index in [1.807, 2.05) is 6.07 Å². The van der Waals surface area contributed by atoms with E-state index >= 15 is 0 Å². The second kappa shape index (κ2) is 4.72. The van der Waals surface area contributed by atoms with Gasteiger partial charge in [0, 0.05) is 19.6 Å². The number of hydrogen-bond donors (Lipinski definition) is 1. The fourth-order valence-corrected chi connectivity index (χ4v) is 2.14. The third-order valence-corrected chi connectivity index (χ3v) is 3.19. The molecule has 3 nitrogen and oxygen atoms in total. The van der Waals surface area contributed by atoms with E-state index in [-0.39, 0.29) is 0 Å². The van der Waals surface area contributed by atoms with Crippen molar-refractivity contribution < 1.29 is 9.90 Å². The highest BCUT2D eigenvalue weighted by atomic mass is 16.4. The second-order valence-corrected chi connectivity index (χ2v) is 4.54. The SMILES string of the molecule is C=C(CC)CN1Cc2ccc(C(=O)O)cc2C1. The zero-order valence-corrected chi connectivity index (χ0v) is 10.1. The van der Waals surface area contributed by atoms with Gasteiger partial charge in [-0.1, -0.05) is 25.1 Å². The Labute approximate surface area is 101 Å². The van der Waals surface area contributed by atoms with Crippen LogP contribution in [0.15, 0.2) is 30.4 Å². The second-order valence-electron chi connectivity index (χ2n) is 4.54. The third-order valence-electron chi connectivity index (χ3n) is 3.19. The molecule has 17 heavy (non-hydrogen) atoms. The molecule has 0 bridgehead atoms. The molecule has 2 rings (SSSR count). The molecule has 0 aromatic heterocycles. The Hall–Kier alpha value is -1.61. The minimum atomic E-state index is -0.857. The van der Waals surface area contributed by atoms with Crippen molar-refractivity contribution in [2.24, 2.45) is 0 Å². The number of carboxylic acids is 1. The molecule has 1 heterocycles.